The Morgan fingerprint density at radius 2 is 1.78 bits per heavy atom. The third kappa shape index (κ3) is 3.16. The number of methoxy groups -OCH3 is 2. The molecule has 1 aromatic rings. The quantitative estimate of drug-likeness (QED) is 0.763. The summed E-state index contributed by atoms with van der Waals surface area (Å²) in [5, 5.41) is 7.60. The third-order valence-corrected chi connectivity index (χ3v) is 6.57. The van der Waals surface area contributed by atoms with Crippen LogP contribution in [0.15, 0.2) is 0 Å². The number of hydrogen-bond acceptors (Lipinski definition) is 4. The molecule has 1 aromatic heterocycles. The standard InChI is InChI=1S/C19H27F2N3O3/c1-24-16(22-17(25)13-7-18(20,21)8-13)14(11-5-4-6-11)15(23-24)12-9-19(10-12,26-2)27-3/h11-13H,4-10H2,1-3H3,(H,22,25). The average Bonchev–Trinajstić information content (AvgIpc) is 2.80. The summed E-state index contributed by atoms with van der Waals surface area (Å²) in [6.07, 6.45) is 4.00. The number of nitrogens with zero attached hydrogens (tertiary/aromatic N) is 2. The highest BCUT2D eigenvalue weighted by Crippen LogP contribution is 2.52. The maximum Gasteiger partial charge on any atom is 0.249 e. The van der Waals surface area contributed by atoms with Gasteiger partial charge in [0.15, 0.2) is 5.79 Å². The average molecular weight is 383 g/mol. The molecule has 0 radical (unpaired) electrons. The van der Waals surface area contributed by atoms with Gasteiger partial charge in [0.2, 0.25) is 11.8 Å². The van der Waals surface area contributed by atoms with E-state index in [1.54, 1.807) is 25.9 Å². The van der Waals surface area contributed by atoms with Gasteiger partial charge in [-0.25, -0.2) is 8.78 Å². The normalized spacial score (nSPS) is 24.8. The van der Waals surface area contributed by atoms with Crippen molar-refractivity contribution in [2.45, 2.75) is 68.5 Å². The smallest absolute Gasteiger partial charge is 0.249 e. The Bertz CT molecular complexity index is 725. The van der Waals surface area contributed by atoms with Crippen LogP contribution in [0.25, 0.3) is 0 Å². The molecule has 0 atom stereocenters. The molecule has 0 unspecified atom stereocenters. The molecule has 0 bridgehead atoms. The number of aryl methyl sites for hydroxylation is 1. The molecule has 150 valence electrons. The van der Waals surface area contributed by atoms with E-state index in [1.807, 2.05) is 0 Å². The number of hydrogen-bond donors (Lipinski definition) is 1. The molecule has 3 aliphatic carbocycles. The minimum absolute atomic E-state index is 0.213. The van der Waals surface area contributed by atoms with Crippen molar-refractivity contribution in [3.63, 3.8) is 0 Å². The number of alkyl halides is 2. The van der Waals surface area contributed by atoms with Gasteiger partial charge in [-0.05, 0) is 18.8 Å². The Morgan fingerprint density at radius 1 is 1.15 bits per heavy atom. The highest BCUT2D eigenvalue weighted by molar-refractivity contribution is 5.93. The van der Waals surface area contributed by atoms with Crippen molar-refractivity contribution >= 4 is 11.7 Å². The highest BCUT2D eigenvalue weighted by Gasteiger charge is 2.50. The first kappa shape index (κ1) is 18.8. The van der Waals surface area contributed by atoms with Crippen LogP contribution in [-0.2, 0) is 21.3 Å². The number of carbonyl (C=O) groups excluding carboxylic acids is 1. The van der Waals surface area contributed by atoms with Gasteiger partial charge in [-0.1, -0.05) is 6.42 Å². The van der Waals surface area contributed by atoms with E-state index in [0.29, 0.717) is 11.7 Å². The molecule has 27 heavy (non-hydrogen) atoms. The molecule has 0 aromatic carbocycles. The maximum atomic E-state index is 13.1. The summed E-state index contributed by atoms with van der Waals surface area (Å²) in [7, 11) is 5.09. The number of amides is 1. The maximum absolute atomic E-state index is 13.1. The van der Waals surface area contributed by atoms with E-state index in [0.717, 1.165) is 43.4 Å². The van der Waals surface area contributed by atoms with E-state index in [2.05, 4.69) is 5.32 Å². The third-order valence-electron chi connectivity index (χ3n) is 6.57. The molecule has 3 saturated carbocycles. The van der Waals surface area contributed by atoms with Crippen LogP contribution in [0.5, 0.6) is 0 Å². The second kappa shape index (κ2) is 6.51. The summed E-state index contributed by atoms with van der Waals surface area (Å²) < 4.78 is 38.9. The molecule has 3 fully saturated rings. The first-order valence-corrected chi connectivity index (χ1v) is 9.63. The van der Waals surface area contributed by atoms with Crippen LogP contribution in [0.4, 0.5) is 14.6 Å². The van der Waals surface area contributed by atoms with Crippen LogP contribution in [0.2, 0.25) is 0 Å². The van der Waals surface area contributed by atoms with Gasteiger partial charge in [-0.15, -0.1) is 0 Å². The molecule has 8 heteroatoms. The predicted octanol–water partition coefficient (Wildman–Crippen LogP) is 3.54. The van der Waals surface area contributed by atoms with Crippen LogP contribution in [0.1, 0.15) is 68.0 Å². The Hall–Kier alpha value is -1.54. The summed E-state index contributed by atoms with van der Waals surface area (Å²) in [5.41, 5.74) is 2.06. The van der Waals surface area contributed by atoms with Crippen LogP contribution in [-0.4, -0.2) is 41.6 Å². The number of halogens is 2. The minimum atomic E-state index is -2.70. The van der Waals surface area contributed by atoms with E-state index >= 15 is 0 Å². The van der Waals surface area contributed by atoms with E-state index in [4.69, 9.17) is 14.6 Å². The van der Waals surface area contributed by atoms with Crippen molar-refractivity contribution in [1.29, 1.82) is 0 Å². The molecule has 0 saturated heterocycles. The zero-order valence-electron chi connectivity index (χ0n) is 16.1. The van der Waals surface area contributed by atoms with Crippen molar-refractivity contribution < 1.29 is 23.0 Å². The second-order valence-electron chi connectivity index (χ2n) is 8.27. The largest absolute Gasteiger partial charge is 0.353 e. The number of ether oxygens (including phenoxy) is 2. The van der Waals surface area contributed by atoms with Gasteiger partial charge in [-0.2, -0.15) is 5.10 Å². The Morgan fingerprint density at radius 3 is 2.26 bits per heavy atom. The molecule has 1 N–H and O–H groups in total. The lowest BCUT2D eigenvalue weighted by atomic mass is 9.71. The van der Waals surface area contributed by atoms with Gasteiger partial charge < -0.3 is 14.8 Å². The molecule has 6 nitrogen and oxygen atoms in total. The van der Waals surface area contributed by atoms with Crippen molar-refractivity contribution in [2.24, 2.45) is 13.0 Å². The van der Waals surface area contributed by atoms with Gasteiger partial charge in [0.1, 0.15) is 5.82 Å². The van der Waals surface area contributed by atoms with E-state index in [9.17, 15) is 13.6 Å². The second-order valence-corrected chi connectivity index (χ2v) is 8.27. The highest BCUT2D eigenvalue weighted by atomic mass is 19.3. The number of aromatic nitrogens is 2. The van der Waals surface area contributed by atoms with Gasteiger partial charge >= 0.3 is 0 Å². The Kier molecular flexibility index (Phi) is 4.54. The lowest BCUT2D eigenvalue weighted by Crippen LogP contribution is -2.46. The minimum Gasteiger partial charge on any atom is -0.353 e. The van der Waals surface area contributed by atoms with Gasteiger partial charge in [0, 0.05) is 64.3 Å². The van der Waals surface area contributed by atoms with Crippen LogP contribution < -0.4 is 5.32 Å². The first-order valence-electron chi connectivity index (χ1n) is 9.63. The zero-order valence-corrected chi connectivity index (χ0v) is 16.1. The molecule has 0 spiro atoms. The lowest BCUT2D eigenvalue weighted by molar-refractivity contribution is -0.258. The van der Waals surface area contributed by atoms with E-state index in [-0.39, 0.29) is 24.7 Å². The van der Waals surface area contributed by atoms with Gasteiger partial charge in [-0.3, -0.25) is 9.48 Å². The fourth-order valence-electron chi connectivity index (χ4n) is 4.48. The SMILES string of the molecule is COC1(OC)CC(c2nn(C)c(NC(=O)C3CC(F)(F)C3)c2C2CCC2)C1. The first-order chi connectivity index (χ1) is 12.8. The van der Waals surface area contributed by atoms with E-state index < -0.39 is 17.6 Å². The van der Waals surface area contributed by atoms with Crippen molar-refractivity contribution in [1.82, 2.24) is 9.78 Å². The molecule has 1 amide bonds. The molecule has 4 rings (SSSR count). The molecule has 0 aliphatic heterocycles. The van der Waals surface area contributed by atoms with Crippen LogP contribution in [0.3, 0.4) is 0 Å². The lowest BCUT2D eigenvalue weighted by Gasteiger charge is -2.45. The summed E-state index contributed by atoms with van der Waals surface area (Å²) in [6.45, 7) is 0. The Labute approximate surface area is 157 Å². The van der Waals surface area contributed by atoms with Crippen LogP contribution >= 0.6 is 0 Å². The van der Waals surface area contributed by atoms with Crippen molar-refractivity contribution in [3.05, 3.63) is 11.3 Å². The number of anilines is 1. The Balaban J connectivity index is 1.55. The number of rotatable bonds is 6. The summed E-state index contributed by atoms with van der Waals surface area (Å²) in [4.78, 5) is 12.4. The molecule has 1 heterocycles. The van der Waals surface area contributed by atoms with Gasteiger partial charge in [0.05, 0.1) is 5.69 Å². The van der Waals surface area contributed by atoms with E-state index in [1.165, 1.54) is 0 Å². The molecule has 3 aliphatic rings. The molecular formula is C19H27F2N3O3. The number of nitrogens with one attached hydrogen (secondary N) is 1. The van der Waals surface area contributed by atoms with Crippen molar-refractivity contribution in [3.8, 4) is 0 Å². The fourth-order valence-corrected chi connectivity index (χ4v) is 4.48. The summed E-state index contributed by atoms with van der Waals surface area (Å²) in [6, 6.07) is 0. The summed E-state index contributed by atoms with van der Waals surface area (Å²) in [5.74, 6) is -2.95. The monoisotopic (exact) mass is 383 g/mol. The van der Waals surface area contributed by atoms with Gasteiger partial charge in [0.25, 0.3) is 0 Å². The van der Waals surface area contributed by atoms with Crippen molar-refractivity contribution in [2.75, 3.05) is 19.5 Å². The fraction of sp³-hybridized carbons (Fsp3) is 0.789. The molecular weight excluding hydrogens is 356 g/mol. The topological polar surface area (TPSA) is 65.4 Å². The zero-order chi connectivity index (χ0) is 19.4. The van der Waals surface area contributed by atoms with Crippen LogP contribution in [0, 0.1) is 5.92 Å². The summed E-state index contributed by atoms with van der Waals surface area (Å²) >= 11 is 0. The number of carbonyl (C=O) groups is 1. The predicted molar refractivity (Wildman–Crippen MR) is 94.8 cm³/mol.